The molecule has 1 fully saturated rings. The fraction of sp³-hybridized carbons (Fsp3) is 0.600. The molecule has 0 aromatic heterocycles. The van der Waals surface area contributed by atoms with Gasteiger partial charge in [-0.2, -0.15) is 0 Å². The van der Waals surface area contributed by atoms with E-state index < -0.39 is 10.0 Å². The molecule has 1 saturated carbocycles. The molecule has 1 aromatic carbocycles. The Morgan fingerprint density at radius 1 is 1.35 bits per heavy atom. The molecule has 0 unspecified atom stereocenters. The topological polar surface area (TPSA) is 78.7 Å². The van der Waals surface area contributed by atoms with Crippen LogP contribution in [-0.4, -0.2) is 44.7 Å². The number of sulfonamides is 1. The average Bonchev–Trinajstić information content (AvgIpc) is 3.34. The largest absolute Gasteiger partial charge is 0.373 e. The predicted molar refractivity (Wildman–Crippen MR) is 96.5 cm³/mol. The fourth-order valence-electron chi connectivity index (χ4n) is 2.64. The monoisotopic (exact) mass is 360 g/mol. The molecule has 0 atom stereocenters. The zero-order valence-corrected chi connectivity index (χ0v) is 15.4. The lowest BCUT2D eigenvalue weighted by atomic mass is 10.1. The number of nitrogens with one attached hydrogen (secondary N) is 1. The Balaban J connectivity index is 2.10. The van der Waals surface area contributed by atoms with Gasteiger partial charge in [0.25, 0.3) is 0 Å². The second-order valence-corrected chi connectivity index (χ2v) is 8.55. The molecular formula is C15H25ClN4O2S. The van der Waals surface area contributed by atoms with Gasteiger partial charge in [-0.05, 0) is 37.5 Å². The van der Waals surface area contributed by atoms with Crippen LogP contribution in [0.15, 0.2) is 12.1 Å². The van der Waals surface area contributed by atoms with Gasteiger partial charge in [-0.25, -0.2) is 12.7 Å². The number of hydrogen-bond donors (Lipinski definition) is 2. The van der Waals surface area contributed by atoms with Crippen molar-refractivity contribution in [3.8, 4) is 0 Å². The van der Waals surface area contributed by atoms with Gasteiger partial charge in [0.05, 0.1) is 10.9 Å². The third-order valence-corrected chi connectivity index (χ3v) is 6.95. The maximum Gasteiger partial charge on any atom is 0.217 e. The number of nitrogens with zero attached hydrogens (tertiary/aromatic N) is 2. The summed E-state index contributed by atoms with van der Waals surface area (Å²) in [5.41, 5.74) is 5.31. The summed E-state index contributed by atoms with van der Waals surface area (Å²) in [6.07, 6.45) is 1.57. The summed E-state index contributed by atoms with van der Waals surface area (Å²) < 4.78 is 26.3. The van der Waals surface area contributed by atoms with Crippen LogP contribution < -0.4 is 16.2 Å². The molecule has 0 amide bonds. The summed E-state index contributed by atoms with van der Waals surface area (Å²) in [5, 5.41) is 0.414. The van der Waals surface area contributed by atoms with Gasteiger partial charge in [-0.3, -0.25) is 5.84 Å². The van der Waals surface area contributed by atoms with E-state index in [1.165, 1.54) is 0 Å². The van der Waals surface area contributed by atoms with E-state index in [0.29, 0.717) is 24.7 Å². The number of likely N-dealkylation sites (N-methyl/N-ethyl adjacent to an activating group) is 2. The van der Waals surface area contributed by atoms with Crippen molar-refractivity contribution in [1.82, 2.24) is 4.31 Å². The van der Waals surface area contributed by atoms with Crippen molar-refractivity contribution in [2.75, 3.05) is 37.0 Å². The number of rotatable bonds is 8. The number of nitrogen functional groups attached to an aromatic ring is 1. The molecule has 3 N–H and O–H groups in total. The zero-order valence-electron chi connectivity index (χ0n) is 13.8. The molecule has 1 aromatic rings. The lowest BCUT2D eigenvalue weighted by Crippen LogP contribution is -2.39. The third kappa shape index (κ3) is 4.09. The van der Waals surface area contributed by atoms with Crippen molar-refractivity contribution >= 4 is 33.0 Å². The lowest BCUT2D eigenvalue weighted by molar-refractivity contribution is 0.432. The standard InChI is InChI=1S/C15H25ClN4O2S/c1-4-20(23(21,22)13-5-6-13)8-7-19(3)15-10-12(16)9-14(18-17)11(15)2/h9-10,13,18H,4-8,17H2,1-3H3. The van der Waals surface area contributed by atoms with E-state index in [2.05, 4.69) is 5.43 Å². The maximum absolute atomic E-state index is 12.4. The van der Waals surface area contributed by atoms with E-state index in [0.717, 1.165) is 29.8 Å². The predicted octanol–water partition coefficient (Wildman–Crippen LogP) is 2.18. The number of hydrogen-bond acceptors (Lipinski definition) is 5. The second-order valence-electron chi connectivity index (χ2n) is 5.90. The summed E-state index contributed by atoms with van der Waals surface area (Å²) in [7, 11) is -1.21. The Morgan fingerprint density at radius 3 is 2.52 bits per heavy atom. The first-order chi connectivity index (χ1) is 10.8. The van der Waals surface area contributed by atoms with E-state index in [-0.39, 0.29) is 5.25 Å². The van der Waals surface area contributed by atoms with Crippen molar-refractivity contribution in [3.63, 3.8) is 0 Å². The first kappa shape index (κ1) is 18.3. The van der Waals surface area contributed by atoms with Crippen LogP contribution in [-0.2, 0) is 10.0 Å². The Bertz CT molecular complexity index is 662. The molecule has 0 bridgehead atoms. The molecule has 23 heavy (non-hydrogen) atoms. The van der Waals surface area contributed by atoms with E-state index in [9.17, 15) is 8.42 Å². The molecule has 8 heteroatoms. The van der Waals surface area contributed by atoms with Crippen LogP contribution in [0.5, 0.6) is 0 Å². The Kier molecular flexibility index (Phi) is 5.78. The molecule has 6 nitrogen and oxygen atoms in total. The number of anilines is 2. The molecule has 0 saturated heterocycles. The molecule has 0 radical (unpaired) electrons. The maximum atomic E-state index is 12.4. The summed E-state index contributed by atoms with van der Waals surface area (Å²) in [6, 6.07) is 3.63. The van der Waals surface area contributed by atoms with E-state index in [4.69, 9.17) is 17.4 Å². The minimum Gasteiger partial charge on any atom is -0.373 e. The van der Waals surface area contributed by atoms with Gasteiger partial charge in [0.15, 0.2) is 0 Å². The average molecular weight is 361 g/mol. The van der Waals surface area contributed by atoms with Crippen molar-refractivity contribution in [2.45, 2.75) is 31.9 Å². The van der Waals surface area contributed by atoms with Crippen molar-refractivity contribution in [1.29, 1.82) is 0 Å². The number of halogens is 1. The van der Waals surface area contributed by atoms with E-state index in [1.54, 1.807) is 10.4 Å². The lowest BCUT2D eigenvalue weighted by Gasteiger charge is -2.27. The quantitative estimate of drug-likeness (QED) is 0.548. The summed E-state index contributed by atoms with van der Waals surface area (Å²) in [6.45, 7) is 5.38. The van der Waals surface area contributed by atoms with Gasteiger partial charge in [0, 0.05) is 37.4 Å². The second kappa shape index (κ2) is 7.25. The SMILES string of the molecule is CCN(CCN(C)c1cc(Cl)cc(NN)c1C)S(=O)(=O)C1CC1. The minimum atomic E-state index is -3.14. The molecule has 0 heterocycles. The normalized spacial score (nSPS) is 15.0. The number of nitrogens with two attached hydrogens (primary N) is 1. The highest BCUT2D eigenvalue weighted by atomic mass is 35.5. The molecule has 2 rings (SSSR count). The molecule has 1 aliphatic rings. The van der Waals surface area contributed by atoms with Crippen LogP contribution in [0.2, 0.25) is 5.02 Å². The van der Waals surface area contributed by atoms with Gasteiger partial charge in [0.2, 0.25) is 10.0 Å². The molecule has 130 valence electrons. The van der Waals surface area contributed by atoms with Gasteiger partial charge in [-0.15, -0.1) is 0 Å². The third-order valence-electron chi connectivity index (χ3n) is 4.25. The molecule has 1 aliphatic carbocycles. The molecule has 0 aliphatic heterocycles. The number of hydrazine groups is 1. The highest BCUT2D eigenvalue weighted by Gasteiger charge is 2.39. The van der Waals surface area contributed by atoms with E-state index >= 15 is 0 Å². The van der Waals surface area contributed by atoms with Crippen molar-refractivity contribution in [2.24, 2.45) is 5.84 Å². The first-order valence-electron chi connectivity index (χ1n) is 7.78. The first-order valence-corrected chi connectivity index (χ1v) is 9.66. The van der Waals surface area contributed by atoms with Gasteiger partial charge in [-0.1, -0.05) is 18.5 Å². The number of benzene rings is 1. The minimum absolute atomic E-state index is 0.172. The Hall–Kier alpha value is -1.02. The highest BCUT2D eigenvalue weighted by Crippen LogP contribution is 2.32. The van der Waals surface area contributed by atoms with Crippen LogP contribution in [0.3, 0.4) is 0 Å². The fourth-order valence-corrected chi connectivity index (χ4v) is 4.70. The summed E-state index contributed by atoms with van der Waals surface area (Å²) in [4.78, 5) is 2.01. The van der Waals surface area contributed by atoms with Crippen LogP contribution in [0.25, 0.3) is 0 Å². The van der Waals surface area contributed by atoms with Crippen LogP contribution in [0.1, 0.15) is 25.3 Å². The van der Waals surface area contributed by atoms with E-state index in [1.807, 2.05) is 31.9 Å². The summed E-state index contributed by atoms with van der Waals surface area (Å²) >= 11 is 6.13. The molecule has 0 spiro atoms. The summed E-state index contributed by atoms with van der Waals surface area (Å²) in [5.74, 6) is 5.51. The zero-order chi connectivity index (χ0) is 17.2. The highest BCUT2D eigenvalue weighted by molar-refractivity contribution is 7.90. The Labute approximate surface area is 143 Å². The van der Waals surface area contributed by atoms with Crippen molar-refractivity contribution in [3.05, 3.63) is 22.7 Å². The van der Waals surface area contributed by atoms with Gasteiger partial charge >= 0.3 is 0 Å². The Morgan fingerprint density at radius 2 is 2.00 bits per heavy atom. The molecular weight excluding hydrogens is 336 g/mol. The van der Waals surface area contributed by atoms with Gasteiger partial charge in [0.1, 0.15) is 0 Å². The van der Waals surface area contributed by atoms with Crippen molar-refractivity contribution < 1.29 is 8.42 Å². The van der Waals surface area contributed by atoms with Crippen LogP contribution in [0.4, 0.5) is 11.4 Å². The van der Waals surface area contributed by atoms with Crippen LogP contribution >= 0.6 is 11.6 Å². The van der Waals surface area contributed by atoms with Crippen LogP contribution in [0, 0.1) is 6.92 Å². The smallest absolute Gasteiger partial charge is 0.217 e. The van der Waals surface area contributed by atoms with Gasteiger partial charge < -0.3 is 10.3 Å².